The van der Waals surface area contributed by atoms with Crippen LogP contribution < -0.4 is 15.9 Å². The summed E-state index contributed by atoms with van der Waals surface area (Å²) >= 11 is 0. The van der Waals surface area contributed by atoms with Gasteiger partial charge in [0, 0.05) is 25.8 Å². The highest BCUT2D eigenvalue weighted by Crippen LogP contribution is 2.27. The van der Waals surface area contributed by atoms with Crippen molar-refractivity contribution in [2.45, 2.75) is 36.6 Å². The van der Waals surface area contributed by atoms with Gasteiger partial charge in [0.15, 0.2) is 0 Å². The largest absolute Gasteiger partial charge is 0.379 e. The third kappa shape index (κ3) is 4.36. The van der Waals surface area contributed by atoms with Gasteiger partial charge >= 0.3 is 0 Å². The van der Waals surface area contributed by atoms with Crippen LogP contribution in [0.1, 0.15) is 17.5 Å². The summed E-state index contributed by atoms with van der Waals surface area (Å²) in [5.41, 5.74) is 8.92. The lowest BCUT2D eigenvalue weighted by molar-refractivity contribution is -0.660. The number of aromatic nitrogens is 3. The first-order chi connectivity index (χ1) is 17.3. The van der Waals surface area contributed by atoms with Crippen molar-refractivity contribution in [3.8, 4) is 0 Å². The molecule has 0 spiro atoms. The monoisotopic (exact) mass is 508 g/mol. The number of pyridine rings is 2. The molecular weight excluding hydrogens is 478 g/mol. The van der Waals surface area contributed by atoms with Gasteiger partial charge in [-0.05, 0) is 61.7 Å². The number of morpholine rings is 1. The molecule has 1 saturated heterocycles. The first kappa shape index (κ1) is 24.4. The van der Waals surface area contributed by atoms with E-state index in [0.29, 0.717) is 37.5 Å². The van der Waals surface area contributed by atoms with E-state index in [1.54, 1.807) is 47.2 Å². The Morgan fingerprint density at radius 3 is 2.61 bits per heavy atom. The minimum atomic E-state index is -3.99. The maximum absolute atomic E-state index is 13.8. The van der Waals surface area contributed by atoms with E-state index < -0.39 is 9.84 Å². The predicted molar refractivity (Wildman–Crippen MR) is 137 cm³/mol. The van der Waals surface area contributed by atoms with Crippen LogP contribution in [0.4, 0.5) is 5.82 Å². The zero-order valence-electron chi connectivity index (χ0n) is 20.5. The van der Waals surface area contributed by atoms with Gasteiger partial charge in [0.2, 0.25) is 21.3 Å². The standard InChI is InChI=1S/C26H29N5O4S/c1-18-7-8-20(16-19(18)2)36(33,34)22-17-21-25(28-23-6-3-4-10-30(23)26(21)32)31(24(22)27)11-5-9-29-12-14-35-15-13-29/h3-4,6-8,10,16-17,27H,5,9,11-15H2,1-2H3/p+1. The number of rotatable bonds is 6. The van der Waals surface area contributed by atoms with E-state index in [4.69, 9.17) is 15.5 Å². The Hall–Kier alpha value is -3.34. The van der Waals surface area contributed by atoms with E-state index in [2.05, 4.69) is 4.90 Å². The van der Waals surface area contributed by atoms with Crippen molar-refractivity contribution in [3.63, 3.8) is 0 Å². The molecule has 10 heteroatoms. The molecule has 1 fully saturated rings. The van der Waals surface area contributed by atoms with Crippen molar-refractivity contribution in [2.24, 2.45) is 0 Å². The van der Waals surface area contributed by atoms with E-state index in [1.807, 2.05) is 13.8 Å². The van der Waals surface area contributed by atoms with E-state index in [1.165, 1.54) is 10.5 Å². The zero-order valence-corrected chi connectivity index (χ0v) is 21.3. The lowest BCUT2D eigenvalue weighted by Gasteiger charge is -2.26. The summed E-state index contributed by atoms with van der Waals surface area (Å²) < 4.78 is 36.1. The molecule has 188 valence electrons. The molecule has 4 heterocycles. The van der Waals surface area contributed by atoms with Crippen molar-refractivity contribution in [3.05, 3.63) is 70.1 Å². The fourth-order valence-corrected chi connectivity index (χ4v) is 6.09. The number of nitrogens with two attached hydrogens (primary N) is 1. The van der Waals surface area contributed by atoms with Gasteiger partial charge in [0.25, 0.3) is 11.2 Å². The molecule has 0 aliphatic carbocycles. The molecule has 2 N–H and O–H groups in total. The van der Waals surface area contributed by atoms with Crippen molar-refractivity contribution in [1.82, 2.24) is 14.3 Å². The number of sulfone groups is 1. The first-order valence-electron chi connectivity index (χ1n) is 12.0. The minimum Gasteiger partial charge on any atom is -0.379 e. The number of hydrogen-bond donors (Lipinski definition) is 1. The highest BCUT2D eigenvalue weighted by molar-refractivity contribution is 7.91. The molecule has 1 aliphatic heterocycles. The van der Waals surface area contributed by atoms with E-state index in [9.17, 15) is 13.2 Å². The molecule has 5 rings (SSSR count). The molecule has 0 unspecified atom stereocenters. The molecule has 1 aromatic carbocycles. The molecule has 36 heavy (non-hydrogen) atoms. The number of anilines is 1. The van der Waals surface area contributed by atoms with Crippen molar-refractivity contribution >= 4 is 32.3 Å². The Kier molecular flexibility index (Phi) is 6.50. The number of nitrogen functional groups attached to an aromatic ring is 1. The van der Waals surface area contributed by atoms with Crippen LogP contribution in [0.3, 0.4) is 0 Å². The maximum Gasteiger partial charge on any atom is 0.278 e. The molecule has 0 bridgehead atoms. The van der Waals surface area contributed by atoms with Gasteiger partial charge in [-0.2, -0.15) is 0 Å². The second kappa shape index (κ2) is 9.61. The van der Waals surface area contributed by atoms with Gasteiger partial charge in [-0.15, -0.1) is 0 Å². The Labute approximate surface area is 209 Å². The second-order valence-corrected chi connectivity index (χ2v) is 11.1. The Morgan fingerprint density at radius 2 is 1.86 bits per heavy atom. The smallest absolute Gasteiger partial charge is 0.278 e. The van der Waals surface area contributed by atoms with Crippen LogP contribution in [-0.4, -0.2) is 55.6 Å². The average molecular weight is 509 g/mol. The molecule has 9 nitrogen and oxygen atoms in total. The zero-order chi connectivity index (χ0) is 25.4. The number of aryl methyl sites for hydroxylation is 3. The van der Waals surface area contributed by atoms with Crippen LogP contribution in [-0.2, 0) is 21.1 Å². The number of fused-ring (bicyclic) bond motifs is 2. The summed E-state index contributed by atoms with van der Waals surface area (Å²) in [6.45, 7) is 8.13. The van der Waals surface area contributed by atoms with Crippen LogP contribution in [0, 0.1) is 13.8 Å². The summed E-state index contributed by atoms with van der Waals surface area (Å²) in [5, 5.41) is 0.210. The summed E-state index contributed by atoms with van der Waals surface area (Å²) in [5.74, 6) is 0.0786. The number of benzene rings is 1. The molecule has 0 saturated carbocycles. The van der Waals surface area contributed by atoms with Gasteiger partial charge in [-0.1, -0.05) is 17.1 Å². The predicted octanol–water partition coefficient (Wildman–Crippen LogP) is 1.89. The highest BCUT2D eigenvalue weighted by Gasteiger charge is 2.29. The normalized spacial score (nSPS) is 15.1. The fourth-order valence-electron chi connectivity index (χ4n) is 4.60. The van der Waals surface area contributed by atoms with E-state index >= 15 is 0 Å². The Morgan fingerprint density at radius 1 is 1.08 bits per heavy atom. The van der Waals surface area contributed by atoms with Gasteiger partial charge in [0.05, 0.1) is 24.7 Å². The Balaban J connectivity index is 1.67. The topological polar surface area (TPSA) is 111 Å². The molecule has 1 aliphatic rings. The molecule has 0 radical (unpaired) electrons. The molecule has 0 amide bonds. The van der Waals surface area contributed by atoms with Crippen molar-refractivity contribution in [1.29, 1.82) is 0 Å². The molecule has 0 atom stereocenters. The van der Waals surface area contributed by atoms with Crippen LogP contribution in [0.5, 0.6) is 0 Å². The summed E-state index contributed by atoms with van der Waals surface area (Å²) in [7, 11) is -3.99. The summed E-state index contributed by atoms with van der Waals surface area (Å²) in [6, 6.07) is 11.7. The summed E-state index contributed by atoms with van der Waals surface area (Å²) in [4.78, 5) is 20.5. The minimum absolute atomic E-state index is 0.0786. The molecular formula is C26H30N5O4S+. The SMILES string of the molecule is Cc1ccc(S(=O)(=O)c2cc3c(=O)n4ccccc4nc3[n+](CCCN3CCOCC3)c2N)cc1C. The highest BCUT2D eigenvalue weighted by atomic mass is 32.2. The quantitative estimate of drug-likeness (QED) is 0.313. The number of hydrogen-bond acceptors (Lipinski definition) is 7. The molecule has 4 aromatic rings. The van der Waals surface area contributed by atoms with E-state index in [-0.39, 0.29) is 26.6 Å². The maximum atomic E-state index is 13.8. The third-order valence-corrected chi connectivity index (χ3v) is 8.64. The van der Waals surface area contributed by atoms with Gasteiger partial charge in [-0.3, -0.25) is 14.1 Å². The van der Waals surface area contributed by atoms with Gasteiger partial charge in [0.1, 0.15) is 10.3 Å². The van der Waals surface area contributed by atoms with Crippen LogP contribution in [0.25, 0.3) is 16.7 Å². The number of ether oxygens (including phenoxy) is 1. The average Bonchev–Trinajstić information content (AvgIpc) is 2.87. The molecule has 3 aromatic heterocycles. The van der Waals surface area contributed by atoms with Crippen LogP contribution >= 0.6 is 0 Å². The van der Waals surface area contributed by atoms with Gasteiger partial charge in [-0.25, -0.2) is 13.0 Å². The van der Waals surface area contributed by atoms with Crippen LogP contribution in [0.15, 0.2) is 63.2 Å². The Bertz CT molecular complexity index is 1630. The lowest BCUT2D eigenvalue weighted by atomic mass is 10.1. The van der Waals surface area contributed by atoms with Crippen molar-refractivity contribution < 1.29 is 17.7 Å². The van der Waals surface area contributed by atoms with Gasteiger partial charge < -0.3 is 10.5 Å². The van der Waals surface area contributed by atoms with E-state index in [0.717, 1.165) is 30.8 Å². The first-order valence-corrected chi connectivity index (χ1v) is 13.5. The fraction of sp³-hybridized carbons (Fsp3) is 0.346. The third-order valence-electron chi connectivity index (χ3n) is 6.86. The lowest BCUT2D eigenvalue weighted by Crippen LogP contribution is -2.44. The number of nitrogens with zero attached hydrogens (tertiary/aromatic N) is 4. The van der Waals surface area contributed by atoms with Crippen LogP contribution in [0.2, 0.25) is 0 Å². The van der Waals surface area contributed by atoms with Crippen molar-refractivity contribution in [2.75, 3.05) is 38.6 Å². The summed E-state index contributed by atoms with van der Waals surface area (Å²) in [6.07, 6.45) is 2.34. The second-order valence-electron chi connectivity index (χ2n) is 9.19.